The lowest BCUT2D eigenvalue weighted by atomic mass is 9.89. The van der Waals surface area contributed by atoms with Gasteiger partial charge in [0.2, 0.25) is 0 Å². The molecule has 3 nitrogen and oxygen atoms in total. The lowest BCUT2D eigenvalue weighted by Gasteiger charge is -2.35. The van der Waals surface area contributed by atoms with Crippen molar-refractivity contribution in [2.75, 3.05) is 13.7 Å². The van der Waals surface area contributed by atoms with Crippen LogP contribution in [0.3, 0.4) is 0 Å². The Balaban J connectivity index is 1.75. The third-order valence-electron chi connectivity index (χ3n) is 3.27. The van der Waals surface area contributed by atoms with Gasteiger partial charge >= 0.3 is 0 Å². The van der Waals surface area contributed by atoms with Crippen LogP contribution < -0.4 is 10.1 Å². The second kappa shape index (κ2) is 6.03. The Hall–Kier alpha value is -1.06. The van der Waals surface area contributed by atoms with E-state index in [0.29, 0.717) is 12.1 Å². The van der Waals surface area contributed by atoms with Gasteiger partial charge in [0.25, 0.3) is 0 Å². The van der Waals surface area contributed by atoms with Crippen molar-refractivity contribution < 1.29 is 9.47 Å². The van der Waals surface area contributed by atoms with E-state index in [0.717, 1.165) is 31.7 Å². The second-order valence-electron chi connectivity index (χ2n) is 4.44. The molecule has 1 aliphatic carbocycles. The van der Waals surface area contributed by atoms with Crippen LogP contribution in [0.4, 0.5) is 0 Å². The van der Waals surface area contributed by atoms with Gasteiger partial charge in [-0.2, -0.15) is 0 Å². The minimum absolute atomic E-state index is 0.468. The smallest absolute Gasteiger partial charge is 0.123 e. The number of para-hydroxylation sites is 1. The molecule has 3 heteroatoms. The van der Waals surface area contributed by atoms with E-state index >= 15 is 0 Å². The fraction of sp³-hybridized carbons (Fsp3) is 0.571. The number of rotatable bonds is 6. The molecule has 0 radical (unpaired) electrons. The molecule has 0 saturated heterocycles. The molecule has 1 fully saturated rings. The van der Waals surface area contributed by atoms with Crippen LogP contribution in [0.5, 0.6) is 5.75 Å². The zero-order valence-electron chi connectivity index (χ0n) is 10.6. The van der Waals surface area contributed by atoms with E-state index in [1.54, 1.807) is 7.11 Å². The van der Waals surface area contributed by atoms with Gasteiger partial charge < -0.3 is 14.8 Å². The van der Waals surface area contributed by atoms with E-state index in [-0.39, 0.29) is 0 Å². The van der Waals surface area contributed by atoms with Crippen LogP contribution in [-0.2, 0) is 11.3 Å². The number of hydrogen-bond donors (Lipinski definition) is 1. The van der Waals surface area contributed by atoms with Gasteiger partial charge in [0.05, 0.1) is 13.2 Å². The summed E-state index contributed by atoms with van der Waals surface area (Å²) in [6.07, 6.45) is 2.72. The Morgan fingerprint density at radius 2 is 2.06 bits per heavy atom. The van der Waals surface area contributed by atoms with Crippen LogP contribution in [0.25, 0.3) is 0 Å². The number of benzene rings is 1. The summed E-state index contributed by atoms with van der Waals surface area (Å²) in [7, 11) is 1.72. The summed E-state index contributed by atoms with van der Waals surface area (Å²) in [5.74, 6) is 0.959. The molecule has 1 aromatic carbocycles. The first-order valence-electron chi connectivity index (χ1n) is 6.30. The Labute approximate surface area is 103 Å². The van der Waals surface area contributed by atoms with Gasteiger partial charge in [-0.3, -0.25) is 0 Å². The molecule has 1 aromatic rings. The van der Waals surface area contributed by atoms with Crippen molar-refractivity contribution in [3.8, 4) is 5.75 Å². The zero-order valence-corrected chi connectivity index (χ0v) is 10.6. The highest BCUT2D eigenvalue weighted by Crippen LogP contribution is 2.24. The molecule has 0 bridgehead atoms. The number of methoxy groups -OCH3 is 1. The Morgan fingerprint density at radius 1 is 1.29 bits per heavy atom. The number of ether oxygens (including phenoxy) is 2. The van der Waals surface area contributed by atoms with Crippen LogP contribution in [0, 0.1) is 0 Å². The molecule has 0 amide bonds. The SMILES string of the molecule is CCOC1CC(NCc2ccccc2OC)C1. The zero-order chi connectivity index (χ0) is 12.1. The van der Waals surface area contributed by atoms with E-state index in [4.69, 9.17) is 9.47 Å². The summed E-state index contributed by atoms with van der Waals surface area (Å²) in [6, 6.07) is 8.74. The van der Waals surface area contributed by atoms with E-state index < -0.39 is 0 Å². The molecule has 0 unspecified atom stereocenters. The maximum Gasteiger partial charge on any atom is 0.123 e. The minimum Gasteiger partial charge on any atom is -0.496 e. The number of hydrogen-bond acceptors (Lipinski definition) is 3. The molecule has 94 valence electrons. The molecule has 1 saturated carbocycles. The van der Waals surface area contributed by atoms with Gasteiger partial charge in [0.15, 0.2) is 0 Å². The fourth-order valence-electron chi connectivity index (χ4n) is 2.21. The predicted molar refractivity (Wildman–Crippen MR) is 68.3 cm³/mol. The Kier molecular flexibility index (Phi) is 4.40. The van der Waals surface area contributed by atoms with E-state index in [1.165, 1.54) is 5.56 Å². The quantitative estimate of drug-likeness (QED) is 0.821. The Morgan fingerprint density at radius 3 is 2.76 bits per heavy atom. The third kappa shape index (κ3) is 3.20. The highest BCUT2D eigenvalue weighted by molar-refractivity contribution is 5.33. The largest absolute Gasteiger partial charge is 0.496 e. The summed E-state index contributed by atoms with van der Waals surface area (Å²) in [5, 5.41) is 3.54. The summed E-state index contributed by atoms with van der Waals surface area (Å²) >= 11 is 0. The van der Waals surface area contributed by atoms with Gasteiger partial charge in [-0.15, -0.1) is 0 Å². The van der Waals surface area contributed by atoms with Crippen molar-refractivity contribution in [3.63, 3.8) is 0 Å². The van der Waals surface area contributed by atoms with Gasteiger partial charge in [-0.25, -0.2) is 0 Å². The molecule has 1 N–H and O–H groups in total. The standard InChI is InChI=1S/C14H21NO2/c1-3-17-13-8-12(9-13)15-10-11-6-4-5-7-14(11)16-2/h4-7,12-13,15H,3,8-10H2,1-2H3. The summed E-state index contributed by atoms with van der Waals surface area (Å²) < 4.78 is 10.9. The van der Waals surface area contributed by atoms with Gasteiger partial charge in [-0.05, 0) is 25.8 Å². The van der Waals surface area contributed by atoms with Gasteiger partial charge in [0.1, 0.15) is 5.75 Å². The average molecular weight is 235 g/mol. The van der Waals surface area contributed by atoms with Crippen LogP contribution in [-0.4, -0.2) is 25.9 Å². The second-order valence-corrected chi connectivity index (χ2v) is 4.44. The lowest BCUT2D eigenvalue weighted by Crippen LogP contribution is -2.45. The maximum atomic E-state index is 5.54. The lowest BCUT2D eigenvalue weighted by molar-refractivity contribution is -0.0102. The highest BCUT2D eigenvalue weighted by Gasteiger charge is 2.28. The van der Waals surface area contributed by atoms with Gasteiger partial charge in [-0.1, -0.05) is 18.2 Å². The van der Waals surface area contributed by atoms with Crippen LogP contribution >= 0.6 is 0 Å². The molecular formula is C14H21NO2. The summed E-state index contributed by atoms with van der Waals surface area (Å²) in [5.41, 5.74) is 1.22. The molecule has 0 aliphatic heterocycles. The van der Waals surface area contributed by atoms with Crippen molar-refractivity contribution >= 4 is 0 Å². The van der Waals surface area contributed by atoms with Gasteiger partial charge in [0, 0.05) is 24.8 Å². The Bertz CT molecular complexity index is 348. The molecule has 1 aliphatic rings. The highest BCUT2D eigenvalue weighted by atomic mass is 16.5. The topological polar surface area (TPSA) is 30.5 Å². The molecule has 2 rings (SSSR count). The van der Waals surface area contributed by atoms with E-state index in [9.17, 15) is 0 Å². The van der Waals surface area contributed by atoms with Crippen LogP contribution in [0.15, 0.2) is 24.3 Å². The van der Waals surface area contributed by atoms with Crippen molar-refractivity contribution in [2.24, 2.45) is 0 Å². The van der Waals surface area contributed by atoms with E-state index in [1.807, 2.05) is 18.2 Å². The molecule has 17 heavy (non-hydrogen) atoms. The molecule has 0 heterocycles. The average Bonchev–Trinajstić information content (AvgIpc) is 2.32. The summed E-state index contributed by atoms with van der Waals surface area (Å²) in [6.45, 7) is 3.74. The van der Waals surface area contributed by atoms with Crippen molar-refractivity contribution in [1.82, 2.24) is 5.32 Å². The van der Waals surface area contributed by atoms with Crippen molar-refractivity contribution in [2.45, 2.75) is 38.5 Å². The molecule has 0 spiro atoms. The first-order chi connectivity index (χ1) is 8.33. The molecule has 0 aromatic heterocycles. The monoisotopic (exact) mass is 235 g/mol. The van der Waals surface area contributed by atoms with Crippen molar-refractivity contribution in [3.05, 3.63) is 29.8 Å². The van der Waals surface area contributed by atoms with E-state index in [2.05, 4.69) is 18.3 Å². The first-order valence-corrected chi connectivity index (χ1v) is 6.30. The van der Waals surface area contributed by atoms with Crippen LogP contribution in [0.1, 0.15) is 25.3 Å². The predicted octanol–water partition coefficient (Wildman–Crippen LogP) is 2.35. The maximum absolute atomic E-state index is 5.54. The molecule has 0 atom stereocenters. The van der Waals surface area contributed by atoms with Crippen LogP contribution in [0.2, 0.25) is 0 Å². The van der Waals surface area contributed by atoms with Crippen molar-refractivity contribution in [1.29, 1.82) is 0 Å². The molecular weight excluding hydrogens is 214 g/mol. The minimum atomic E-state index is 0.468. The summed E-state index contributed by atoms with van der Waals surface area (Å²) in [4.78, 5) is 0. The number of nitrogens with one attached hydrogen (secondary N) is 1. The first kappa shape index (κ1) is 12.4. The normalized spacial score (nSPS) is 23.2. The third-order valence-corrected chi connectivity index (χ3v) is 3.27. The fourth-order valence-corrected chi connectivity index (χ4v) is 2.21.